The van der Waals surface area contributed by atoms with E-state index in [1.165, 1.54) is 11.3 Å². The van der Waals surface area contributed by atoms with Crippen LogP contribution in [0.3, 0.4) is 0 Å². The molecule has 3 atom stereocenters. The number of aryl methyl sites for hydroxylation is 2. The Labute approximate surface area is 236 Å². The fourth-order valence-corrected chi connectivity index (χ4v) is 6.13. The maximum Gasteiger partial charge on any atom is 0.243 e. The number of nitrogens with zero attached hydrogens (tertiary/aromatic N) is 4. The highest BCUT2D eigenvalue weighted by atomic mass is 32.1. The van der Waals surface area contributed by atoms with Crippen LogP contribution in [0.1, 0.15) is 46.6 Å². The molecule has 2 aliphatic heterocycles. The highest BCUT2D eigenvalue weighted by molar-refractivity contribution is 7.11. The summed E-state index contributed by atoms with van der Waals surface area (Å²) in [4.78, 5) is 64.2. The van der Waals surface area contributed by atoms with Crippen LogP contribution in [0.2, 0.25) is 0 Å². The lowest BCUT2D eigenvalue weighted by Crippen LogP contribution is -2.60. The number of benzene rings is 1. The van der Waals surface area contributed by atoms with Crippen molar-refractivity contribution < 1.29 is 19.2 Å². The third kappa shape index (κ3) is 6.36. The average Bonchev–Trinajstić information content (AvgIpc) is 3.65. The van der Waals surface area contributed by atoms with Crippen LogP contribution in [-0.2, 0) is 27.2 Å². The minimum absolute atomic E-state index is 0.0428. The van der Waals surface area contributed by atoms with Crippen molar-refractivity contribution in [3.05, 3.63) is 76.4 Å². The lowest BCUT2D eigenvalue weighted by Gasteiger charge is -2.39. The number of hydrogen-bond donors (Lipinski definition) is 2. The van der Waals surface area contributed by atoms with Crippen LogP contribution >= 0.6 is 11.3 Å². The summed E-state index contributed by atoms with van der Waals surface area (Å²) in [6, 6.07) is 11.6. The SMILES string of the molecule is Nc1cc(CCC(NC(=O)C2CC[C@H]3CN(C(=O)CCc4ccccc4)CC(=O)N23)C(=O)c2nccs2)ccn1. The number of hydrogen-bond acceptors (Lipinski definition) is 8. The van der Waals surface area contributed by atoms with Gasteiger partial charge >= 0.3 is 0 Å². The molecule has 0 aliphatic carbocycles. The molecule has 1 aromatic carbocycles. The van der Waals surface area contributed by atoms with E-state index in [1.807, 2.05) is 36.4 Å². The number of nitrogen functional groups attached to an aromatic ring is 1. The first-order chi connectivity index (χ1) is 19.4. The second-order valence-electron chi connectivity index (χ2n) is 10.2. The maximum absolute atomic E-state index is 13.5. The normalized spacial score (nSPS) is 19.2. The number of carbonyl (C=O) groups excluding carboxylic acids is 4. The van der Waals surface area contributed by atoms with Gasteiger partial charge in [-0.3, -0.25) is 19.2 Å². The Morgan fingerprint density at radius 2 is 1.88 bits per heavy atom. The first-order valence-electron chi connectivity index (χ1n) is 13.5. The molecule has 2 fully saturated rings. The number of thiazole rings is 1. The molecule has 11 heteroatoms. The molecule has 208 valence electrons. The molecule has 0 spiro atoms. The topological polar surface area (TPSA) is 139 Å². The van der Waals surface area contributed by atoms with Crippen molar-refractivity contribution in [2.75, 3.05) is 18.8 Å². The summed E-state index contributed by atoms with van der Waals surface area (Å²) in [6.07, 6.45) is 6.06. The van der Waals surface area contributed by atoms with Crippen LogP contribution in [0.4, 0.5) is 5.82 Å². The molecule has 10 nitrogen and oxygen atoms in total. The van der Waals surface area contributed by atoms with Gasteiger partial charge in [-0.25, -0.2) is 9.97 Å². The predicted octanol–water partition coefficient (Wildman–Crippen LogP) is 2.26. The molecule has 3 N–H and O–H groups in total. The van der Waals surface area contributed by atoms with Crippen molar-refractivity contribution in [1.82, 2.24) is 25.1 Å². The summed E-state index contributed by atoms with van der Waals surface area (Å²) in [5, 5.41) is 4.96. The number of Topliss-reactive ketones (excluding diaryl/α,β-unsaturated/α-hetero) is 1. The number of carbonyl (C=O) groups is 4. The molecule has 4 heterocycles. The second-order valence-corrected chi connectivity index (χ2v) is 11.1. The monoisotopic (exact) mass is 560 g/mol. The summed E-state index contributed by atoms with van der Waals surface area (Å²) < 4.78 is 0. The van der Waals surface area contributed by atoms with Crippen molar-refractivity contribution in [1.29, 1.82) is 0 Å². The van der Waals surface area contributed by atoms with Gasteiger partial charge in [-0.05, 0) is 55.4 Å². The van der Waals surface area contributed by atoms with Gasteiger partial charge in [-0.15, -0.1) is 11.3 Å². The van der Waals surface area contributed by atoms with Gasteiger partial charge in [-0.1, -0.05) is 30.3 Å². The fraction of sp³-hybridized carbons (Fsp3) is 0.379. The van der Waals surface area contributed by atoms with E-state index in [0.717, 1.165) is 11.1 Å². The molecule has 5 rings (SSSR count). The maximum atomic E-state index is 13.5. The highest BCUT2D eigenvalue weighted by Crippen LogP contribution is 2.29. The van der Waals surface area contributed by atoms with E-state index in [9.17, 15) is 19.2 Å². The number of pyridine rings is 1. The summed E-state index contributed by atoms with van der Waals surface area (Å²) in [5.74, 6) is -0.533. The molecule has 2 aliphatic rings. The van der Waals surface area contributed by atoms with Crippen LogP contribution in [0, 0.1) is 0 Å². The van der Waals surface area contributed by atoms with E-state index in [2.05, 4.69) is 15.3 Å². The molecule has 3 aromatic rings. The standard InChI is InChI=1S/C29H32N6O4S/c30-24-16-20(12-13-31-24)6-9-22(27(38)29-32-14-15-40-29)33-28(39)23-10-8-21-17-34(18-26(37)35(21)23)25(36)11-7-19-4-2-1-3-5-19/h1-5,12-16,21-23H,6-11,17-18H2,(H2,30,31)(H,33,39)/t21-,22?,23?/m0/s1. The van der Waals surface area contributed by atoms with Crippen LogP contribution in [0.15, 0.2) is 60.2 Å². The van der Waals surface area contributed by atoms with E-state index in [1.54, 1.807) is 33.6 Å². The van der Waals surface area contributed by atoms with Gasteiger partial charge in [0.1, 0.15) is 11.9 Å². The summed E-state index contributed by atoms with van der Waals surface area (Å²) in [5.41, 5.74) is 7.78. The Hall–Kier alpha value is -4.12. The van der Waals surface area contributed by atoms with Crippen molar-refractivity contribution in [3.8, 4) is 0 Å². The number of fused-ring (bicyclic) bond motifs is 1. The number of piperazine rings is 1. The van der Waals surface area contributed by atoms with Crippen molar-refractivity contribution >= 4 is 40.7 Å². The van der Waals surface area contributed by atoms with Gasteiger partial charge < -0.3 is 20.9 Å². The molecule has 40 heavy (non-hydrogen) atoms. The van der Waals surface area contributed by atoms with E-state index < -0.39 is 12.1 Å². The zero-order valence-corrected chi connectivity index (χ0v) is 22.9. The van der Waals surface area contributed by atoms with Crippen LogP contribution in [0.5, 0.6) is 0 Å². The first kappa shape index (κ1) is 27.4. The number of rotatable bonds is 10. The second kappa shape index (κ2) is 12.4. The van der Waals surface area contributed by atoms with Gasteiger partial charge in [0.15, 0.2) is 5.01 Å². The quantitative estimate of drug-likeness (QED) is 0.363. The summed E-state index contributed by atoms with van der Waals surface area (Å²) in [6.45, 7) is 0.368. The number of nitrogens with two attached hydrogens (primary N) is 1. The molecular weight excluding hydrogens is 528 g/mol. The minimum atomic E-state index is -0.803. The van der Waals surface area contributed by atoms with Crippen molar-refractivity contribution in [2.24, 2.45) is 0 Å². The van der Waals surface area contributed by atoms with Crippen molar-refractivity contribution in [2.45, 2.75) is 56.7 Å². The summed E-state index contributed by atoms with van der Waals surface area (Å²) in [7, 11) is 0. The number of anilines is 1. The highest BCUT2D eigenvalue weighted by Gasteiger charge is 2.46. The summed E-state index contributed by atoms with van der Waals surface area (Å²) >= 11 is 1.22. The van der Waals surface area contributed by atoms with Gasteiger partial charge in [0.05, 0.1) is 18.6 Å². The Morgan fingerprint density at radius 3 is 2.62 bits per heavy atom. The zero-order chi connectivity index (χ0) is 28.1. The average molecular weight is 561 g/mol. The lowest BCUT2D eigenvalue weighted by molar-refractivity contribution is -0.151. The van der Waals surface area contributed by atoms with E-state index in [0.29, 0.717) is 55.9 Å². The smallest absolute Gasteiger partial charge is 0.243 e. The van der Waals surface area contributed by atoms with Gasteiger partial charge in [0, 0.05) is 30.7 Å². The molecule has 0 radical (unpaired) electrons. The van der Waals surface area contributed by atoms with Crippen LogP contribution in [0.25, 0.3) is 0 Å². The van der Waals surface area contributed by atoms with E-state index in [4.69, 9.17) is 5.73 Å². The van der Waals surface area contributed by atoms with Gasteiger partial charge in [0.2, 0.25) is 23.5 Å². The number of aromatic nitrogens is 2. The van der Waals surface area contributed by atoms with E-state index in [-0.39, 0.29) is 36.1 Å². The third-order valence-corrected chi connectivity index (χ3v) is 8.30. The van der Waals surface area contributed by atoms with Crippen molar-refractivity contribution in [3.63, 3.8) is 0 Å². The lowest BCUT2D eigenvalue weighted by atomic mass is 10.0. The van der Waals surface area contributed by atoms with Crippen LogP contribution < -0.4 is 11.1 Å². The largest absolute Gasteiger partial charge is 0.384 e. The molecule has 0 bridgehead atoms. The molecule has 0 saturated carbocycles. The fourth-order valence-electron chi connectivity index (χ4n) is 5.50. The number of amides is 3. The van der Waals surface area contributed by atoms with Gasteiger partial charge in [0.25, 0.3) is 0 Å². The number of ketones is 1. The molecule has 2 saturated heterocycles. The molecule has 2 unspecified atom stereocenters. The predicted molar refractivity (Wildman–Crippen MR) is 150 cm³/mol. The molecular formula is C29H32N6O4S. The molecule has 3 amide bonds. The van der Waals surface area contributed by atoms with Crippen LogP contribution in [-0.4, -0.2) is 74.5 Å². The third-order valence-electron chi connectivity index (χ3n) is 7.52. The van der Waals surface area contributed by atoms with E-state index >= 15 is 0 Å². The number of nitrogens with one attached hydrogen (secondary N) is 1. The van der Waals surface area contributed by atoms with Gasteiger partial charge in [-0.2, -0.15) is 0 Å². The molecule has 2 aromatic heterocycles. The Balaban J connectivity index is 1.22. The first-order valence-corrected chi connectivity index (χ1v) is 14.3. The minimum Gasteiger partial charge on any atom is -0.384 e. The zero-order valence-electron chi connectivity index (χ0n) is 22.1. The Bertz CT molecular complexity index is 1370. The Kier molecular flexibility index (Phi) is 8.49. The Morgan fingerprint density at radius 1 is 1.05 bits per heavy atom.